The number of nitrogens with zero attached hydrogens (tertiary/aromatic N) is 3. The van der Waals surface area contributed by atoms with Crippen molar-refractivity contribution >= 4 is 32.7 Å². The maximum Gasteiger partial charge on any atom is 0.357 e. The van der Waals surface area contributed by atoms with Gasteiger partial charge in [0.15, 0.2) is 5.65 Å². The largest absolute Gasteiger partial charge is 0.380 e. The number of nitrogens with one attached hydrogen (secondary N) is 2. The predicted molar refractivity (Wildman–Crippen MR) is 99.4 cm³/mol. The van der Waals surface area contributed by atoms with Crippen LogP contribution in [0.1, 0.15) is 30.0 Å². The molecule has 9 heteroatoms. The number of benzene rings is 1. The molecule has 0 amide bonds. The van der Waals surface area contributed by atoms with Gasteiger partial charge in [-0.05, 0) is 36.6 Å². The highest BCUT2D eigenvalue weighted by Gasteiger charge is 2.26. The van der Waals surface area contributed by atoms with E-state index in [1.807, 2.05) is 11.8 Å². The van der Waals surface area contributed by atoms with Crippen LogP contribution in [-0.2, 0) is 23.9 Å². The van der Waals surface area contributed by atoms with Crippen LogP contribution in [0.4, 0.5) is 11.4 Å². The van der Waals surface area contributed by atoms with Crippen molar-refractivity contribution in [2.24, 2.45) is 7.05 Å². The lowest BCUT2D eigenvalue weighted by Gasteiger charge is -2.11. The summed E-state index contributed by atoms with van der Waals surface area (Å²) >= 11 is 0. The fourth-order valence-corrected chi connectivity index (χ4v) is 3.34. The van der Waals surface area contributed by atoms with Gasteiger partial charge in [-0.1, -0.05) is 12.1 Å². The molecule has 4 rings (SSSR count). The summed E-state index contributed by atoms with van der Waals surface area (Å²) in [5.41, 5.74) is 4.24. The van der Waals surface area contributed by atoms with Gasteiger partial charge < -0.3 is 5.32 Å². The van der Waals surface area contributed by atoms with Gasteiger partial charge in [-0.25, -0.2) is 4.98 Å². The van der Waals surface area contributed by atoms with Crippen molar-refractivity contribution in [3.05, 3.63) is 47.8 Å². The van der Waals surface area contributed by atoms with Gasteiger partial charge in [0.1, 0.15) is 0 Å². The average molecular weight is 373 g/mol. The SMILES string of the molecule is Cn1ncc2c(NCc3ccc(NS(=O)(=O)O)cc3)cc(C3CC3)nc21. The van der Waals surface area contributed by atoms with Gasteiger partial charge in [0, 0.05) is 30.9 Å². The third-order valence-electron chi connectivity index (χ3n) is 4.40. The smallest absolute Gasteiger partial charge is 0.357 e. The van der Waals surface area contributed by atoms with E-state index in [-0.39, 0.29) is 0 Å². The van der Waals surface area contributed by atoms with Crippen molar-refractivity contribution in [2.45, 2.75) is 25.3 Å². The molecule has 0 unspecified atom stereocenters. The summed E-state index contributed by atoms with van der Waals surface area (Å²) < 4.78 is 34.3. The molecule has 3 N–H and O–H groups in total. The Labute approximate surface area is 151 Å². The second-order valence-corrected chi connectivity index (χ2v) is 7.66. The zero-order chi connectivity index (χ0) is 18.3. The van der Waals surface area contributed by atoms with E-state index >= 15 is 0 Å². The molecule has 0 saturated heterocycles. The first kappa shape index (κ1) is 16.8. The predicted octanol–water partition coefficient (Wildman–Crippen LogP) is 2.67. The molecule has 0 atom stereocenters. The topological polar surface area (TPSA) is 109 Å². The first-order valence-corrected chi connectivity index (χ1v) is 9.74. The van der Waals surface area contributed by atoms with E-state index in [1.165, 1.54) is 12.8 Å². The monoisotopic (exact) mass is 373 g/mol. The molecule has 1 saturated carbocycles. The van der Waals surface area contributed by atoms with Crippen LogP contribution in [0.15, 0.2) is 36.5 Å². The number of aromatic nitrogens is 3. The standard InChI is InChI=1S/C17H19N5O3S/c1-22-17-14(10-19-22)16(8-15(20-17)12-4-5-12)18-9-11-2-6-13(7-3-11)21-26(23,24)25/h2-3,6-8,10,12,21H,4-5,9H2,1H3,(H,18,20)(H,23,24,25). The van der Waals surface area contributed by atoms with Gasteiger partial charge in [0.2, 0.25) is 0 Å². The van der Waals surface area contributed by atoms with E-state index in [4.69, 9.17) is 9.54 Å². The van der Waals surface area contributed by atoms with Crippen molar-refractivity contribution in [2.75, 3.05) is 10.0 Å². The van der Waals surface area contributed by atoms with Gasteiger partial charge in [0.05, 0.1) is 17.3 Å². The highest BCUT2D eigenvalue weighted by molar-refractivity contribution is 7.87. The molecule has 3 aromatic rings. The highest BCUT2D eigenvalue weighted by atomic mass is 32.2. The lowest BCUT2D eigenvalue weighted by atomic mass is 10.1. The minimum atomic E-state index is -4.26. The Kier molecular flexibility index (Phi) is 4.04. The third kappa shape index (κ3) is 3.63. The molecule has 0 spiro atoms. The number of pyridine rings is 1. The van der Waals surface area contributed by atoms with Crippen molar-refractivity contribution in [3.8, 4) is 0 Å². The van der Waals surface area contributed by atoms with Gasteiger partial charge in [0.25, 0.3) is 0 Å². The first-order chi connectivity index (χ1) is 12.4. The maximum absolute atomic E-state index is 10.8. The van der Waals surface area contributed by atoms with Crippen LogP contribution in [0, 0.1) is 0 Å². The van der Waals surface area contributed by atoms with E-state index in [0.29, 0.717) is 18.2 Å². The summed E-state index contributed by atoms with van der Waals surface area (Å²) in [6, 6.07) is 8.89. The highest BCUT2D eigenvalue weighted by Crippen LogP contribution is 2.41. The van der Waals surface area contributed by atoms with Crippen LogP contribution in [0.25, 0.3) is 11.0 Å². The minimum Gasteiger partial charge on any atom is -0.380 e. The zero-order valence-corrected chi connectivity index (χ0v) is 15.0. The number of hydrogen-bond acceptors (Lipinski definition) is 5. The van der Waals surface area contributed by atoms with Crippen LogP contribution in [0.5, 0.6) is 0 Å². The molecular formula is C17H19N5O3S. The average Bonchev–Trinajstić information content (AvgIpc) is 3.37. The number of hydrogen-bond donors (Lipinski definition) is 3. The molecule has 26 heavy (non-hydrogen) atoms. The van der Waals surface area contributed by atoms with Crippen LogP contribution in [0.2, 0.25) is 0 Å². The molecule has 1 aliphatic carbocycles. The summed E-state index contributed by atoms with van der Waals surface area (Å²) in [4.78, 5) is 4.73. The molecule has 0 radical (unpaired) electrons. The maximum atomic E-state index is 10.8. The summed E-state index contributed by atoms with van der Waals surface area (Å²) in [6.07, 6.45) is 4.16. The lowest BCUT2D eigenvalue weighted by Crippen LogP contribution is -2.10. The van der Waals surface area contributed by atoms with Crippen molar-refractivity contribution in [1.82, 2.24) is 14.8 Å². The Balaban J connectivity index is 1.54. The molecule has 136 valence electrons. The third-order valence-corrected chi connectivity index (χ3v) is 4.90. The quantitative estimate of drug-likeness (QED) is 0.573. The summed E-state index contributed by atoms with van der Waals surface area (Å²) in [5.74, 6) is 0.542. The van der Waals surface area contributed by atoms with Crippen LogP contribution < -0.4 is 10.0 Å². The van der Waals surface area contributed by atoms with Gasteiger partial charge in [-0.15, -0.1) is 0 Å². The Hall–Kier alpha value is -2.65. The molecule has 2 aromatic heterocycles. The summed E-state index contributed by atoms with van der Waals surface area (Å²) in [5, 5.41) is 8.70. The molecule has 0 bridgehead atoms. The number of aryl methyl sites for hydroxylation is 1. The Morgan fingerprint density at radius 1 is 1.27 bits per heavy atom. The van der Waals surface area contributed by atoms with E-state index < -0.39 is 10.3 Å². The Morgan fingerprint density at radius 3 is 2.65 bits per heavy atom. The second-order valence-electron chi connectivity index (χ2n) is 6.50. The van der Waals surface area contributed by atoms with Crippen LogP contribution in [-0.4, -0.2) is 27.7 Å². The molecule has 2 heterocycles. The van der Waals surface area contributed by atoms with Crippen molar-refractivity contribution in [1.29, 1.82) is 0 Å². The fraction of sp³-hybridized carbons (Fsp3) is 0.294. The van der Waals surface area contributed by atoms with Gasteiger partial charge in [-0.3, -0.25) is 14.0 Å². The van der Waals surface area contributed by atoms with E-state index in [9.17, 15) is 8.42 Å². The second kappa shape index (κ2) is 6.26. The van der Waals surface area contributed by atoms with Gasteiger partial charge >= 0.3 is 10.3 Å². The molecule has 8 nitrogen and oxygen atoms in total. The fourth-order valence-electron chi connectivity index (χ4n) is 2.91. The zero-order valence-electron chi connectivity index (χ0n) is 14.2. The van der Waals surface area contributed by atoms with Crippen LogP contribution >= 0.6 is 0 Å². The number of rotatable bonds is 6. The molecular weight excluding hydrogens is 354 g/mol. The summed E-state index contributed by atoms with van der Waals surface area (Å²) in [6.45, 7) is 0.574. The van der Waals surface area contributed by atoms with Crippen molar-refractivity contribution in [3.63, 3.8) is 0 Å². The molecule has 1 fully saturated rings. The molecule has 1 aromatic carbocycles. The van der Waals surface area contributed by atoms with E-state index in [1.54, 1.807) is 35.1 Å². The van der Waals surface area contributed by atoms with E-state index in [2.05, 4.69) is 16.5 Å². The number of anilines is 2. The summed E-state index contributed by atoms with van der Waals surface area (Å²) in [7, 11) is -2.37. The Morgan fingerprint density at radius 2 is 2.00 bits per heavy atom. The molecule has 1 aliphatic rings. The van der Waals surface area contributed by atoms with Crippen LogP contribution in [0.3, 0.4) is 0 Å². The first-order valence-electron chi connectivity index (χ1n) is 8.30. The van der Waals surface area contributed by atoms with E-state index in [0.717, 1.165) is 28.0 Å². The molecule has 0 aliphatic heterocycles. The Bertz CT molecular complexity index is 1060. The van der Waals surface area contributed by atoms with Crippen molar-refractivity contribution < 1.29 is 13.0 Å². The normalized spacial score (nSPS) is 14.5. The minimum absolute atomic E-state index is 0.311. The number of fused-ring (bicyclic) bond motifs is 1. The van der Waals surface area contributed by atoms with Gasteiger partial charge in [-0.2, -0.15) is 13.5 Å². The lowest BCUT2D eigenvalue weighted by molar-refractivity contribution is 0.489.